The first kappa shape index (κ1) is 12.9. The Morgan fingerprint density at radius 2 is 1.94 bits per heavy atom. The van der Waals surface area contributed by atoms with Gasteiger partial charge in [-0.3, -0.25) is 4.79 Å². The Hall–Kier alpha value is -0.570. The van der Waals surface area contributed by atoms with Crippen LogP contribution in [0.4, 0.5) is 0 Å². The van der Waals surface area contributed by atoms with Gasteiger partial charge in [0.05, 0.1) is 6.04 Å². The van der Waals surface area contributed by atoms with Gasteiger partial charge in [-0.15, -0.1) is 0 Å². The van der Waals surface area contributed by atoms with E-state index in [4.69, 9.17) is 5.73 Å². The van der Waals surface area contributed by atoms with Gasteiger partial charge in [-0.1, -0.05) is 26.2 Å². The summed E-state index contributed by atoms with van der Waals surface area (Å²) in [4.78, 5) is 14.3. The molecule has 1 heterocycles. The quantitative estimate of drug-likeness (QED) is 0.820. The summed E-state index contributed by atoms with van der Waals surface area (Å²) in [6.45, 7) is 2.93. The van der Waals surface area contributed by atoms with Crippen LogP contribution in [0.3, 0.4) is 0 Å². The first-order valence-electron chi connectivity index (χ1n) is 7.30. The molecule has 2 rings (SSSR count). The molecule has 2 aliphatic rings. The van der Waals surface area contributed by atoms with Crippen molar-refractivity contribution in [3.8, 4) is 0 Å². The Morgan fingerprint density at radius 1 is 1.24 bits per heavy atom. The van der Waals surface area contributed by atoms with Gasteiger partial charge >= 0.3 is 0 Å². The molecule has 2 N–H and O–H groups in total. The van der Waals surface area contributed by atoms with Crippen LogP contribution in [0.15, 0.2) is 0 Å². The number of nitrogens with zero attached hydrogens (tertiary/aromatic N) is 1. The second kappa shape index (κ2) is 5.85. The molecule has 1 saturated carbocycles. The third kappa shape index (κ3) is 2.82. The summed E-state index contributed by atoms with van der Waals surface area (Å²) in [5, 5.41) is 0. The Bertz CT molecular complexity index is 261. The molecule has 1 saturated heterocycles. The van der Waals surface area contributed by atoms with E-state index in [0.29, 0.717) is 6.04 Å². The molecule has 3 heteroatoms. The maximum atomic E-state index is 12.2. The van der Waals surface area contributed by atoms with Gasteiger partial charge in [0.25, 0.3) is 0 Å². The van der Waals surface area contributed by atoms with Crippen molar-refractivity contribution < 1.29 is 4.79 Å². The predicted molar refractivity (Wildman–Crippen MR) is 69.6 cm³/mol. The molecule has 0 aromatic rings. The maximum absolute atomic E-state index is 12.2. The van der Waals surface area contributed by atoms with Gasteiger partial charge in [-0.25, -0.2) is 0 Å². The van der Waals surface area contributed by atoms with Crippen LogP contribution in [-0.4, -0.2) is 29.4 Å². The maximum Gasteiger partial charge on any atom is 0.239 e. The van der Waals surface area contributed by atoms with Crippen molar-refractivity contribution >= 4 is 5.91 Å². The highest BCUT2D eigenvalue weighted by Gasteiger charge is 2.36. The van der Waals surface area contributed by atoms with Crippen molar-refractivity contribution in [1.82, 2.24) is 4.90 Å². The summed E-state index contributed by atoms with van der Waals surface area (Å²) >= 11 is 0. The highest BCUT2D eigenvalue weighted by molar-refractivity contribution is 5.82. The van der Waals surface area contributed by atoms with E-state index in [1.807, 2.05) is 6.92 Å². The lowest BCUT2D eigenvalue weighted by Crippen LogP contribution is -2.48. The van der Waals surface area contributed by atoms with Crippen LogP contribution in [0.25, 0.3) is 0 Å². The van der Waals surface area contributed by atoms with Crippen molar-refractivity contribution in [2.75, 3.05) is 6.54 Å². The minimum Gasteiger partial charge on any atom is -0.338 e. The Kier molecular flexibility index (Phi) is 4.43. The van der Waals surface area contributed by atoms with Crippen molar-refractivity contribution in [2.24, 2.45) is 11.7 Å². The topological polar surface area (TPSA) is 46.3 Å². The molecule has 0 bridgehead atoms. The van der Waals surface area contributed by atoms with Crippen LogP contribution in [-0.2, 0) is 4.79 Å². The van der Waals surface area contributed by atoms with E-state index in [1.54, 1.807) is 0 Å². The van der Waals surface area contributed by atoms with Gasteiger partial charge in [-0.2, -0.15) is 0 Å². The molecular weight excluding hydrogens is 212 g/mol. The number of likely N-dealkylation sites (tertiary alicyclic amines) is 1. The van der Waals surface area contributed by atoms with Gasteiger partial charge in [-0.05, 0) is 38.0 Å². The SMILES string of the molecule is CC[C@H](N)C(=O)N1CCCC1C1CCCCC1. The first-order valence-corrected chi connectivity index (χ1v) is 7.30. The summed E-state index contributed by atoms with van der Waals surface area (Å²) in [7, 11) is 0. The second-order valence-electron chi connectivity index (χ2n) is 5.65. The molecule has 1 aliphatic carbocycles. The van der Waals surface area contributed by atoms with Gasteiger partial charge in [0, 0.05) is 12.6 Å². The van der Waals surface area contributed by atoms with E-state index in [2.05, 4.69) is 4.90 Å². The monoisotopic (exact) mass is 238 g/mol. The Balaban J connectivity index is 1.98. The number of amides is 1. The fraction of sp³-hybridized carbons (Fsp3) is 0.929. The summed E-state index contributed by atoms with van der Waals surface area (Å²) < 4.78 is 0. The van der Waals surface area contributed by atoms with E-state index in [1.165, 1.54) is 44.9 Å². The van der Waals surface area contributed by atoms with E-state index in [-0.39, 0.29) is 11.9 Å². The minimum absolute atomic E-state index is 0.195. The molecule has 1 amide bonds. The zero-order chi connectivity index (χ0) is 12.3. The fourth-order valence-electron chi connectivity index (χ4n) is 3.46. The summed E-state index contributed by atoms with van der Waals surface area (Å²) in [6, 6.07) is 0.222. The predicted octanol–water partition coefficient (Wildman–Crippen LogP) is 2.29. The molecule has 1 unspecified atom stereocenters. The number of carbonyl (C=O) groups excluding carboxylic acids is 1. The normalized spacial score (nSPS) is 28.4. The lowest BCUT2D eigenvalue weighted by molar-refractivity contribution is -0.134. The van der Waals surface area contributed by atoms with Gasteiger partial charge < -0.3 is 10.6 Å². The van der Waals surface area contributed by atoms with Crippen LogP contribution in [0, 0.1) is 5.92 Å². The zero-order valence-electron chi connectivity index (χ0n) is 11.0. The second-order valence-corrected chi connectivity index (χ2v) is 5.65. The van der Waals surface area contributed by atoms with Crippen LogP contribution < -0.4 is 5.73 Å². The van der Waals surface area contributed by atoms with E-state index < -0.39 is 0 Å². The number of hydrogen-bond donors (Lipinski definition) is 1. The van der Waals surface area contributed by atoms with Crippen molar-refractivity contribution in [1.29, 1.82) is 0 Å². The molecule has 0 spiro atoms. The van der Waals surface area contributed by atoms with E-state index in [0.717, 1.165) is 18.9 Å². The number of rotatable bonds is 3. The average molecular weight is 238 g/mol. The lowest BCUT2D eigenvalue weighted by Gasteiger charge is -2.35. The molecule has 0 aromatic carbocycles. The molecule has 3 nitrogen and oxygen atoms in total. The first-order chi connectivity index (χ1) is 8.24. The largest absolute Gasteiger partial charge is 0.338 e. The number of carbonyl (C=O) groups is 1. The van der Waals surface area contributed by atoms with Crippen LogP contribution in [0.2, 0.25) is 0 Å². The average Bonchev–Trinajstić information content (AvgIpc) is 2.87. The Labute approximate surface area is 105 Å². The molecule has 98 valence electrons. The van der Waals surface area contributed by atoms with Crippen LogP contribution in [0.5, 0.6) is 0 Å². The third-order valence-corrected chi connectivity index (χ3v) is 4.53. The van der Waals surface area contributed by atoms with Crippen LogP contribution >= 0.6 is 0 Å². The van der Waals surface area contributed by atoms with E-state index >= 15 is 0 Å². The smallest absolute Gasteiger partial charge is 0.239 e. The number of nitrogens with two attached hydrogens (primary N) is 1. The highest BCUT2D eigenvalue weighted by Crippen LogP contribution is 2.34. The highest BCUT2D eigenvalue weighted by atomic mass is 16.2. The van der Waals surface area contributed by atoms with Crippen molar-refractivity contribution in [2.45, 2.75) is 70.4 Å². The molecule has 17 heavy (non-hydrogen) atoms. The Morgan fingerprint density at radius 3 is 2.59 bits per heavy atom. The van der Waals surface area contributed by atoms with Crippen molar-refractivity contribution in [3.63, 3.8) is 0 Å². The standard InChI is InChI=1S/C14H26N2O/c1-2-12(15)14(17)16-10-6-9-13(16)11-7-4-3-5-8-11/h11-13H,2-10,15H2,1H3/t12-,13?/m0/s1. The van der Waals surface area contributed by atoms with E-state index in [9.17, 15) is 4.79 Å². The molecule has 0 aromatic heterocycles. The molecule has 0 radical (unpaired) electrons. The fourth-order valence-corrected chi connectivity index (χ4v) is 3.46. The summed E-state index contributed by atoms with van der Waals surface area (Å²) in [5.41, 5.74) is 5.90. The molecule has 2 fully saturated rings. The molecule has 2 atom stereocenters. The van der Waals surface area contributed by atoms with Gasteiger partial charge in [0.1, 0.15) is 0 Å². The summed E-state index contributed by atoms with van der Waals surface area (Å²) in [5.74, 6) is 0.944. The van der Waals surface area contributed by atoms with Crippen molar-refractivity contribution in [3.05, 3.63) is 0 Å². The lowest BCUT2D eigenvalue weighted by atomic mass is 9.83. The third-order valence-electron chi connectivity index (χ3n) is 4.53. The minimum atomic E-state index is -0.279. The zero-order valence-corrected chi connectivity index (χ0v) is 11.0. The molecule has 1 aliphatic heterocycles. The molecular formula is C14H26N2O. The van der Waals surface area contributed by atoms with Crippen LogP contribution in [0.1, 0.15) is 58.3 Å². The van der Waals surface area contributed by atoms with Gasteiger partial charge in [0.15, 0.2) is 0 Å². The van der Waals surface area contributed by atoms with Gasteiger partial charge in [0.2, 0.25) is 5.91 Å². The number of hydrogen-bond acceptors (Lipinski definition) is 2. The summed E-state index contributed by atoms with van der Waals surface area (Å²) in [6.07, 6.45) is 9.84.